The molecule has 1 atom stereocenters. The highest BCUT2D eigenvalue weighted by molar-refractivity contribution is 14.1. The molecule has 0 aliphatic heterocycles. The normalized spacial score (nSPS) is 13.2. The lowest BCUT2D eigenvalue weighted by atomic mass is 9.82. The van der Waals surface area contributed by atoms with Crippen LogP contribution >= 0.6 is 34.2 Å². The molecule has 0 radical (unpaired) electrons. The third kappa shape index (κ3) is 3.79. The molecular formula is C18H20ClIO. The van der Waals surface area contributed by atoms with E-state index >= 15 is 0 Å². The second-order valence-corrected chi connectivity index (χ2v) is 7.50. The molecule has 112 valence electrons. The number of rotatable bonds is 4. The van der Waals surface area contributed by atoms with Crippen molar-refractivity contribution in [2.75, 3.05) is 0 Å². The van der Waals surface area contributed by atoms with E-state index in [2.05, 4.69) is 55.5 Å². The van der Waals surface area contributed by atoms with Crippen molar-refractivity contribution in [1.29, 1.82) is 0 Å². The molecule has 0 spiro atoms. The molecule has 21 heavy (non-hydrogen) atoms. The Morgan fingerprint density at radius 1 is 1.10 bits per heavy atom. The van der Waals surface area contributed by atoms with Crippen molar-refractivity contribution in [2.45, 2.75) is 38.7 Å². The highest BCUT2D eigenvalue weighted by Crippen LogP contribution is 2.30. The van der Waals surface area contributed by atoms with E-state index in [1.165, 1.54) is 5.56 Å². The van der Waals surface area contributed by atoms with E-state index in [1.54, 1.807) is 0 Å². The predicted octanol–water partition coefficient (Wildman–Crippen LogP) is 5.71. The van der Waals surface area contributed by atoms with Gasteiger partial charge in [-0.1, -0.05) is 62.7 Å². The summed E-state index contributed by atoms with van der Waals surface area (Å²) in [4.78, 5) is 0. The first kappa shape index (κ1) is 16.8. The fraction of sp³-hybridized carbons (Fsp3) is 0.333. The van der Waals surface area contributed by atoms with Gasteiger partial charge in [-0.25, -0.2) is 0 Å². The fourth-order valence-corrected chi connectivity index (χ4v) is 2.72. The molecule has 0 bridgehead atoms. The van der Waals surface area contributed by atoms with Gasteiger partial charge in [0.15, 0.2) is 0 Å². The number of halogens is 2. The minimum absolute atomic E-state index is 0.162. The van der Waals surface area contributed by atoms with Crippen LogP contribution in [0.5, 0.6) is 0 Å². The van der Waals surface area contributed by atoms with Crippen LogP contribution in [0, 0.1) is 3.57 Å². The Kier molecular flexibility index (Phi) is 5.33. The molecule has 1 unspecified atom stereocenters. The Morgan fingerprint density at radius 3 is 2.19 bits per heavy atom. The molecular weight excluding hydrogens is 395 g/mol. The summed E-state index contributed by atoms with van der Waals surface area (Å²) in [7, 11) is 0. The van der Waals surface area contributed by atoms with Gasteiger partial charge in [-0.15, -0.1) is 0 Å². The van der Waals surface area contributed by atoms with Gasteiger partial charge < -0.3 is 5.11 Å². The first-order chi connectivity index (χ1) is 9.85. The van der Waals surface area contributed by atoms with Crippen LogP contribution in [-0.4, -0.2) is 5.11 Å². The summed E-state index contributed by atoms with van der Waals surface area (Å²) < 4.78 is 0.991. The molecule has 0 saturated carbocycles. The molecule has 1 N–H and O–H groups in total. The van der Waals surface area contributed by atoms with Gasteiger partial charge in [-0.2, -0.15) is 0 Å². The predicted molar refractivity (Wildman–Crippen MR) is 98.0 cm³/mol. The van der Waals surface area contributed by atoms with Crippen LogP contribution in [0.3, 0.4) is 0 Å². The number of aliphatic hydroxyl groups is 1. The van der Waals surface area contributed by atoms with E-state index in [9.17, 15) is 5.11 Å². The van der Waals surface area contributed by atoms with Gasteiger partial charge >= 0.3 is 0 Å². The molecule has 0 aromatic heterocycles. The van der Waals surface area contributed by atoms with E-state index in [4.69, 9.17) is 11.6 Å². The molecule has 2 aromatic rings. The van der Waals surface area contributed by atoms with Gasteiger partial charge in [0.05, 0.1) is 5.02 Å². The van der Waals surface area contributed by atoms with Crippen LogP contribution in [0.15, 0.2) is 42.5 Å². The van der Waals surface area contributed by atoms with Crippen LogP contribution < -0.4 is 0 Å². The quantitative estimate of drug-likeness (QED) is 0.635. The van der Waals surface area contributed by atoms with E-state index in [0.29, 0.717) is 5.02 Å². The fourth-order valence-electron chi connectivity index (χ4n) is 2.20. The van der Waals surface area contributed by atoms with Gasteiger partial charge in [0.2, 0.25) is 0 Å². The smallest absolute Gasteiger partial charge is 0.104 e. The van der Waals surface area contributed by atoms with Crippen LogP contribution in [0.4, 0.5) is 0 Å². The third-order valence-electron chi connectivity index (χ3n) is 4.15. The Bertz CT molecular complexity index is 620. The van der Waals surface area contributed by atoms with Gasteiger partial charge in [0.1, 0.15) is 6.10 Å². The molecule has 0 aliphatic carbocycles. The second-order valence-electron chi connectivity index (χ2n) is 5.94. The maximum Gasteiger partial charge on any atom is 0.104 e. The van der Waals surface area contributed by atoms with E-state index < -0.39 is 6.10 Å². The first-order valence-corrected chi connectivity index (χ1v) is 8.54. The average Bonchev–Trinajstić information content (AvgIpc) is 2.49. The van der Waals surface area contributed by atoms with Crippen LogP contribution in [0.2, 0.25) is 5.02 Å². The maximum absolute atomic E-state index is 10.5. The van der Waals surface area contributed by atoms with Crippen molar-refractivity contribution in [3.63, 3.8) is 0 Å². The average molecular weight is 415 g/mol. The Hall–Kier alpha value is -0.580. The molecule has 3 heteroatoms. The van der Waals surface area contributed by atoms with Crippen LogP contribution in [0.25, 0.3) is 0 Å². The zero-order valence-corrected chi connectivity index (χ0v) is 15.4. The van der Waals surface area contributed by atoms with E-state index in [0.717, 1.165) is 21.1 Å². The molecule has 0 saturated heterocycles. The van der Waals surface area contributed by atoms with Crippen molar-refractivity contribution in [3.05, 3.63) is 67.7 Å². The minimum atomic E-state index is -0.640. The molecule has 0 amide bonds. The van der Waals surface area contributed by atoms with Crippen molar-refractivity contribution >= 4 is 34.2 Å². The molecule has 0 heterocycles. The highest BCUT2D eigenvalue weighted by Gasteiger charge is 2.19. The van der Waals surface area contributed by atoms with Crippen LogP contribution in [0.1, 0.15) is 50.0 Å². The SMILES string of the molecule is CCC(C)(C)c1ccc(C(O)c2ccc(I)c(Cl)c2)cc1. The number of hydrogen-bond donors (Lipinski definition) is 1. The second kappa shape index (κ2) is 6.67. The summed E-state index contributed by atoms with van der Waals surface area (Å²) in [6.07, 6.45) is 0.444. The van der Waals surface area contributed by atoms with Gasteiger partial charge in [0, 0.05) is 3.57 Å². The maximum atomic E-state index is 10.5. The van der Waals surface area contributed by atoms with Crippen molar-refractivity contribution in [2.24, 2.45) is 0 Å². The summed E-state index contributed by atoms with van der Waals surface area (Å²) >= 11 is 8.31. The zero-order valence-electron chi connectivity index (χ0n) is 12.5. The zero-order chi connectivity index (χ0) is 15.6. The van der Waals surface area contributed by atoms with E-state index in [-0.39, 0.29) is 5.41 Å². The largest absolute Gasteiger partial charge is 0.384 e. The molecule has 2 rings (SSSR count). The summed E-state index contributed by atoms with van der Waals surface area (Å²) in [5.41, 5.74) is 3.17. The molecule has 1 nitrogen and oxygen atoms in total. The number of hydrogen-bond acceptors (Lipinski definition) is 1. The summed E-state index contributed by atoms with van der Waals surface area (Å²) in [5.74, 6) is 0. The lowest BCUT2D eigenvalue weighted by Gasteiger charge is -2.24. The van der Waals surface area contributed by atoms with Crippen molar-refractivity contribution in [1.82, 2.24) is 0 Å². The Balaban J connectivity index is 2.27. The summed E-state index contributed by atoms with van der Waals surface area (Å²) in [5, 5.41) is 11.2. The Labute approximate surface area is 145 Å². The molecule has 0 fully saturated rings. The first-order valence-electron chi connectivity index (χ1n) is 7.08. The molecule has 2 aromatic carbocycles. The van der Waals surface area contributed by atoms with Crippen molar-refractivity contribution in [3.8, 4) is 0 Å². The van der Waals surface area contributed by atoms with Gasteiger partial charge in [0.25, 0.3) is 0 Å². The lowest BCUT2D eigenvalue weighted by molar-refractivity contribution is 0.220. The third-order valence-corrected chi connectivity index (χ3v) is 5.72. The van der Waals surface area contributed by atoms with Gasteiger partial charge in [-0.05, 0) is 63.2 Å². The summed E-state index contributed by atoms with van der Waals surface area (Å²) in [6.45, 7) is 6.66. The van der Waals surface area contributed by atoms with Crippen LogP contribution in [-0.2, 0) is 5.41 Å². The number of benzene rings is 2. The monoisotopic (exact) mass is 414 g/mol. The summed E-state index contributed by atoms with van der Waals surface area (Å²) in [6, 6.07) is 13.9. The van der Waals surface area contributed by atoms with E-state index in [1.807, 2.05) is 30.3 Å². The lowest BCUT2D eigenvalue weighted by Crippen LogP contribution is -2.15. The topological polar surface area (TPSA) is 20.2 Å². The van der Waals surface area contributed by atoms with Crippen molar-refractivity contribution < 1.29 is 5.11 Å². The van der Waals surface area contributed by atoms with Gasteiger partial charge in [-0.3, -0.25) is 0 Å². The highest BCUT2D eigenvalue weighted by atomic mass is 127. The number of aliphatic hydroxyl groups excluding tert-OH is 1. The standard InChI is InChI=1S/C18H20ClIO/c1-4-18(2,3)14-8-5-12(6-9-14)17(21)13-7-10-16(20)15(19)11-13/h5-11,17,21H,4H2,1-3H3. The minimum Gasteiger partial charge on any atom is -0.384 e. The Morgan fingerprint density at radius 2 is 1.67 bits per heavy atom. The molecule has 0 aliphatic rings.